The van der Waals surface area contributed by atoms with Crippen molar-refractivity contribution in [3.05, 3.63) is 41.3 Å². The van der Waals surface area contributed by atoms with Crippen molar-refractivity contribution in [3.8, 4) is 0 Å². The number of hydrogen-bond donors (Lipinski definition) is 1. The highest BCUT2D eigenvalue weighted by Gasteiger charge is 2.49. The molecule has 1 amide bonds. The number of nitrogens with zero attached hydrogens (tertiary/aromatic N) is 2. The Morgan fingerprint density at radius 1 is 1.28 bits per heavy atom. The Morgan fingerprint density at radius 3 is 2.84 bits per heavy atom. The third kappa shape index (κ3) is 2.56. The minimum Gasteiger partial charge on any atom is -0.480 e. The van der Waals surface area contributed by atoms with E-state index in [1.54, 1.807) is 19.1 Å². The molecule has 2 aliphatic rings. The molecule has 2 aromatic rings. The van der Waals surface area contributed by atoms with Crippen molar-refractivity contribution >= 4 is 22.8 Å². The number of aromatic nitrogens is 1. The number of benzene rings is 1. The minimum atomic E-state index is -0.934. The van der Waals surface area contributed by atoms with Gasteiger partial charge in [-0.3, -0.25) is 9.78 Å². The second-order valence-corrected chi connectivity index (χ2v) is 7.05. The topological polar surface area (TPSA) is 70.5 Å². The first-order valence-electron chi connectivity index (χ1n) is 8.56. The average Bonchev–Trinajstić information content (AvgIpc) is 3.13. The van der Waals surface area contributed by atoms with E-state index < -0.39 is 12.0 Å². The number of amides is 1. The third-order valence-corrected chi connectivity index (χ3v) is 5.60. The molecule has 1 saturated carbocycles. The van der Waals surface area contributed by atoms with Crippen molar-refractivity contribution in [3.63, 3.8) is 0 Å². The molecule has 1 saturated heterocycles. The van der Waals surface area contributed by atoms with Crippen molar-refractivity contribution in [1.29, 1.82) is 0 Å². The van der Waals surface area contributed by atoms with Crippen LogP contribution in [0.1, 0.15) is 35.3 Å². The summed E-state index contributed by atoms with van der Waals surface area (Å²) in [5.41, 5.74) is 1.37. The number of pyridine rings is 1. The second kappa shape index (κ2) is 5.79. The van der Waals surface area contributed by atoms with Gasteiger partial charge in [0.2, 0.25) is 0 Å². The van der Waals surface area contributed by atoms with Crippen LogP contribution in [-0.2, 0) is 4.79 Å². The van der Waals surface area contributed by atoms with Crippen LogP contribution in [0.3, 0.4) is 0 Å². The molecule has 0 bridgehead atoms. The summed E-state index contributed by atoms with van der Waals surface area (Å²) in [5, 5.41) is 10.3. The van der Waals surface area contributed by atoms with Gasteiger partial charge in [-0.1, -0.05) is 6.42 Å². The molecule has 2 heterocycles. The fourth-order valence-electron chi connectivity index (χ4n) is 4.44. The lowest BCUT2D eigenvalue weighted by Gasteiger charge is -2.25. The smallest absolute Gasteiger partial charge is 0.326 e. The summed E-state index contributed by atoms with van der Waals surface area (Å²) in [4.78, 5) is 30.7. The number of rotatable bonds is 2. The van der Waals surface area contributed by atoms with Crippen LogP contribution in [0.2, 0.25) is 0 Å². The van der Waals surface area contributed by atoms with Crippen molar-refractivity contribution in [1.82, 2.24) is 9.88 Å². The zero-order chi connectivity index (χ0) is 17.7. The van der Waals surface area contributed by atoms with Gasteiger partial charge in [-0.15, -0.1) is 0 Å². The van der Waals surface area contributed by atoms with E-state index in [0.717, 1.165) is 19.3 Å². The Hall–Kier alpha value is -2.50. The van der Waals surface area contributed by atoms with Gasteiger partial charge in [0.15, 0.2) is 0 Å². The molecule has 3 atom stereocenters. The fourth-order valence-corrected chi connectivity index (χ4v) is 4.44. The molecule has 4 rings (SSSR count). The number of fused-ring (bicyclic) bond motifs is 2. The number of halogens is 1. The lowest BCUT2D eigenvalue weighted by Crippen LogP contribution is -2.43. The van der Waals surface area contributed by atoms with Crippen LogP contribution in [-0.4, -0.2) is 39.5 Å². The predicted molar refractivity (Wildman–Crippen MR) is 89.7 cm³/mol. The molecule has 0 radical (unpaired) electrons. The van der Waals surface area contributed by atoms with Crippen LogP contribution >= 0.6 is 0 Å². The molecule has 1 aromatic carbocycles. The standard InChI is InChI=1S/C19H19FN2O3/c1-10-15(7-11-5-6-13(20)8-16(11)21-10)18(23)22-9-12-3-2-4-14(12)17(22)19(24)25/h5-8,12,14,17H,2-4,9H2,1H3,(H,24,25)/t12-,14-,17+/m0/s1. The van der Waals surface area contributed by atoms with E-state index in [2.05, 4.69) is 4.98 Å². The quantitative estimate of drug-likeness (QED) is 0.911. The van der Waals surface area contributed by atoms with Crippen molar-refractivity contribution in [2.24, 2.45) is 11.8 Å². The first-order chi connectivity index (χ1) is 12.0. The highest BCUT2D eigenvalue weighted by atomic mass is 19.1. The molecule has 1 aliphatic carbocycles. The largest absolute Gasteiger partial charge is 0.480 e. The van der Waals surface area contributed by atoms with Crippen LogP contribution < -0.4 is 0 Å². The van der Waals surface area contributed by atoms with Crippen molar-refractivity contribution in [2.75, 3.05) is 6.54 Å². The predicted octanol–water partition coefficient (Wildman–Crippen LogP) is 3.01. The summed E-state index contributed by atoms with van der Waals surface area (Å²) in [6.07, 6.45) is 2.87. The van der Waals surface area contributed by atoms with Crippen molar-refractivity contribution < 1.29 is 19.1 Å². The molecule has 0 spiro atoms. The van der Waals surface area contributed by atoms with Gasteiger partial charge >= 0.3 is 5.97 Å². The van der Waals surface area contributed by atoms with Gasteiger partial charge in [0.1, 0.15) is 11.9 Å². The SMILES string of the molecule is Cc1nc2cc(F)ccc2cc1C(=O)N1C[C@@H]2CCC[C@@H]2[C@@H]1C(=O)O. The fraction of sp³-hybridized carbons (Fsp3) is 0.421. The molecule has 1 N–H and O–H groups in total. The Kier molecular flexibility index (Phi) is 3.71. The zero-order valence-electron chi connectivity index (χ0n) is 13.9. The van der Waals surface area contributed by atoms with Crippen LogP contribution in [0.5, 0.6) is 0 Å². The number of carbonyl (C=O) groups is 2. The number of hydrogen-bond acceptors (Lipinski definition) is 3. The van der Waals surface area contributed by atoms with E-state index in [9.17, 15) is 19.1 Å². The van der Waals surface area contributed by atoms with Gasteiger partial charge in [0.25, 0.3) is 5.91 Å². The molecule has 2 fully saturated rings. The molecule has 0 unspecified atom stereocenters. The maximum Gasteiger partial charge on any atom is 0.326 e. The van der Waals surface area contributed by atoms with Crippen LogP contribution in [0.4, 0.5) is 4.39 Å². The number of aryl methyl sites for hydroxylation is 1. The molecular formula is C19H19FN2O3. The number of likely N-dealkylation sites (tertiary alicyclic amines) is 1. The molecule has 130 valence electrons. The summed E-state index contributed by atoms with van der Waals surface area (Å²) in [7, 11) is 0. The lowest BCUT2D eigenvalue weighted by atomic mass is 9.94. The van der Waals surface area contributed by atoms with Gasteiger partial charge in [-0.2, -0.15) is 0 Å². The Morgan fingerprint density at radius 2 is 2.08 bits per heavy atom. The molecule has 1 aromatic heterocycles. The summed E-state index contributed by atoms with van der Waals surface area (Å²) in [6.45, 7) is 2.19. The van der Waals surface area contributed by atoms with Gasteiger partial charge in [-0.05, 0) is 49.8 Å². The summed E-state index contributed by atoms with van der Waals surface area (Å²) >= 11 is 0. The van der Waals surface area contributed by atoms with E-state index in [1.807, 2.05) is 0 Å². The van der Waals surface area contributed by atoms with Crippen LogP contribution in [0.15, 0.2) is 24.3 Å². The molecule has 25 heavy (non-hydrogen) atoms. The first kappa shape index (κ1) is 16.0. The molecular weight excluding hydrogens is 323 g/mol. The summed E-state index contributed by atoms with van der Waals surface area (Å²) in [6, 6.07) is 5.17. The summed E-state index contributed by atoms with van der Waals surface area (Å²) < 4.78 is 13.4. The average molecular weight is 342 g/mol. The highest BCUT2D eigenvalue weighted by molar-refractivity contribution is 6.00. The number of aliphatic carboxylic acids is 1. The van der Waals surface area contributed by atoms with E-state index in [0.29, 0.717) is 28.7 Å². The monoisotopic (exact) mass is 342 g/mol. The number of carbonyl (C=O) groups excluding carboxylic acids is 1. The number of carboxylic acid groups (broad SMARTS) is 1. The van der Waals surface area contributed by atoms with E-state index in [-0.39, 0.29) is 23.6 Å². The minimum absolute atomic E-state index is 0.0456. The van der Waals surface area contributed by atoms with Crippen LogP contribution in [0, 0.1) is 24.6 Å². The van der Waals surface area contributed by atoms with Gasteiger partial charge < -0.3 is 10.0 Å². The van der Waals surface area contributed by atoms with E-state index >= 15 is 0 Å². The van der Waals surface area contributed by atoms with Gasteiger partial charge in [0.05, 0.1) is 16.8 Å². The Labute approximate surface area is 144 Å². The Balaban J connectivity index is 1.73. The van der Waals surface area contributed by atoms with Gasteiger partial charge in [-0.25, -0.2) is 9.18 Å². The molecule has 5 nitrogen and oxygen atoms in total. The number of carboxylic acids is 1. The second-order valence-electron chi connectivity index (χ2n) is 7.05. The zero-order valence-corrected chi connectivity index (χ0v) is 13.9. The maximum absolute atomic E-state index is 13.4. The van der Waals surface area contributed by atoms with Crippen molar-refractivity contribution in [2.45, 2.75) is 32.2 Å². The lowest BCUT2D eigenvalue weighted by molar-refractivity contribution is -0.142. The van der Waals surface area contributed by atoms with E-state index in [1.165, 1.54) is 17.0 Å². The normalized spacial score (nSPS) is 25.4. The van der Waals surface area contributed by atoms with Gasteiger partial charge in [0, 0.05) is 18.0 Å². The third-order valence-electron chi connectivity index (χ3n) is 5.60. The molecule has 6 heteroatoms. The first-order valence-corrected chi connectivity index (χ1v) is 8.56. The highest BCUT2D eigenvalue weighted by Crippen LogP contribution is 2.42. The van der Waals surface area contributed by atoms with E-state index in [4.69, 9.17) is 0 Å². The van der Waals surface area contributed by atoms with Crippen LogP contribution in [0.25, 0.3) is 10.9 Å². The molecule has 1 aliphatic heterocycles. The maximum atomic E-state index is 13.4. The summed E-state index contributed by atoms with van der Waals surface area (Å²) in [5.74, 6) is -1.29. The Bertz CT molecular complexity index is 882.